The number of nitrogens with one attached hydrogen (secondary N) is 1. The van der Waals surface area contributed by atoms with Crippen LogP contribution in [0, 0.1) is 0 Å². The van der Waals surface area contributed by atoms with Gasteiger partial charge in [0.15, 0.2) is 17.0 Å². The number of aliphatic hydroxyl groups is 2. The third kappa shape index (κ3) is 2.38. The van der Waals surface area contributed by atoms with Crippen LogP contribution in [0.1, 0.15) is 24.6 Å². The number of imidazole rings is 1. The van der Waals surface area contributed by atoms with Gasteiger partial charge in [-0.2, -0.15) is 9.97 Å². The van der Waals surface area contributed by atoms with Gasteiger partial charge in [-0.05, 0) is 12.8 Å². The van der Waals surface area contributed by atoms with Crippen LogP contribution in [-0.4, -0.2) is 53.7 Å². The van der Waals surface area contributed by atoms with Crippen molar-refractivity contribution in [3.63, 3.8) is 0 Å². The van der Waals surface area contributed by atoms with Crippen molar-refractivity contribution in [2.24, 2.45) is 0 Å². The van der Waals surface area contributed by atoms with Gasteiger partial charge >= 0.3 is 0 Å². The van der Waals surface area contributed by atoms with Crippen LogP contribution in [0.3, 0.4) is 0 Å². The quantitative estimate of drug-likeness (QED) is 0.635. The van der Waals surface area contributed by atoms with E-state index in [1.807, 2.05) is 4.57 Å². The number of nitrogen functional groups attached to an aromatic ring is 1. The summed E-state index contributed by atoms with van der Waals surface area (Å²) in [6.45, 7) is -0.0411. The molecule has 2 aromatic rings. The van der Waals surface area contributed by atoms with Gasteiger partial charge in [0, 0.05) is 12.5 Å². The van der Waals surface area contributed by atoms with Crippen molar-refractivity contribution in [1.82, 2.24) is 19.5 Å². The largest absolute Gasteiger partial charge is 0.395 e. The van der Waals surface area contributed by atoms with E-state index in [0.717, 1.165) is 12.8 Å². The zero-order valence-electron chi connectivity index (χ0n) is 11.9. The molecule has 8 nitrogen and oxygen atoms in total. The Kier molecular flexibility index (Phi) is 3.35. The Morgan fingerprint density at radius 1 is 1.41 bits per heavy atom. The molecular weight excluding hydrogens is 304 g/mol. The van der Waals surface area contributed by atoms with Crippen LogP contribution in [0.15, 0.2) is 6.33 Å². The van der Waals surface area contributed by atoms with Crippen molar-refractivity contribution in [2.75, 3.05) is 17.7 Å². The molecule has 0 bridgehead atoms. The van der Waals surface area contributed by atoms with E-state index in [1.54, 1.807) is 6.33 Å². The molecule has 3 atom stereocenters. The van der Waals surface area contributed by atoms with Gasteiger partial charge < -0.3 is 25.8 Å². The molecular formula is C13H18N6O2S. The number of nitrogens with zero attached hydrogens (tertiary/aromatic N) is 4. The van der Waals surface area contributed by atoms with Gasteiger partial charge in [-0.3, -0.25) is 0 Å². The molecule has 0 spiro atoms. The summed E-state index contributed by atoms with van der Waals surface area (Å²) in [6.07, 6.45) is 4.00. The van der Waals surface area contributed by atoms with Crippen LogP contribution in [0.4, 0.5) is 11.8 Å². The van der Waals surface area contributed by atoms with Crippen molar-refractivity contribution in [3.8, 4) is 0 Å². The van der Waals surface area contributed by atoms with Gasteiger partial charge in [0.2, 0.25) is 5.95 Å². The summed E-state index contributed by atoms with van der Waals surface area (Å²) in [5.41, 5.74) is 7.19. The fourth-order valence-corrected chi connectivity index (χ4v) is 4.09. The Bertz CT molecular complexity index is 703. The second-order valence-electron chi connectivity index (χ2n) is 5.79. The van der Waals surface area contributed by atoms with Crippen LogP contribution < -0.4 is 11.1 Å². The molecule has 0 aromatic carbocycles. The zero-order valence-corrected chi connectivity index (χ0v) is 12.7. The highest BCUT2D eigenvalue weighted by Crippen LogP contribution is 2.42. The lowest BCUT2D eigenvalue weighted by molar-refractivity contribution is 0.138. The van der Waals surface area contributed by atoms with Crippen molar-refractivity contribution in [1.29, 1.82) is 0 Å². The summed E-state index contributed by atoms with van der Waals surface area (Å²) in [5, 5.41) is 22.4. The van der Waals surface area contributed by atoms with E-state index in [2.05, 4.69) is 20.3 Å². The molecule has 3 heterocycles. The van der Waals surface area contributed by atoms with Gasteiger partial charge in [-0.1, -0.05) is 0 Å². The molecule has 22 heavy (non-hydrogen) atoms. The minimum Gasteiger partial charge on any atom is -0.395 e. The van der Waals surface area contributed by atoms with E-state index < -0.39 is 6.10 Å². The number of fused-ring (bicyclic) bond motifs is 1. The van der Waals surface area contributed by atoms with Crippen LogP contribution >= 0.6 is 11.8 Å². The predicted molar refractivity (Wildman–Crippen MR) is 84.5 cm³/mol. The maximum atomic E-state index is 9.98. The first-order valence-corrected chi connectivity index (χ1v) is 8.31. The van der Waals surface area contributed by atoms with Gasteiger partial charge in [0.1, 0.15) is 0 Å². The van der Waals surface area contributed by atoms with Crippen LogP contribution in [0.2, 0.25) is 0 Å². The second kappa shape index (κ2) is 5.25. The number of thioether (sulfide) groups is 1. The molecule has 1 aliphatic heterocycles. The van der Waals surface area contributed by atoms with Gasteiger partial charge in [0.05, 0.1) is 29.7 Å². The molecule has 9 heteroatoms. The Morgan fingerprint density at radius 3 is 2.91 bits per heavy atom. The van der Waals surface area contributed by atoms with E-state index in [0.29, 0.717) is 29.4 Å². The van der Waals surface area contributed by atoms with E-state index in [-0.39, 0.29) is 23.2 Å². The highest BCUT2D eigenvalue weighted by atomic mass is 32.2. The van der Waals surface area contributed by atoms with Crippen LogP contribution in [0.25, 0.3) is 11.2 Å². The maximum Gasteiger partial charge on any atom is 0.224 e. The van der Waals surface area contributed by atoms with Crippen LogP contribution in [0.5, 0.6) is 0 Å². The Labute approximate surface area is 131 Å². The summed E-state index contributed by atoms with van der Waals surface area (Å²) < 4.78 is 1.91. The monoisotopic (exact) mass is 322 g/mol. The first-order chi connectivity index (χ1) is 10.7. The number of anilines is 2. The third-order valence-corrected chi connectivity index (χ3v) is 5.60. The lowest BCUT2D eigenvalue weighted by Crippen LogP contribution is -2.20. The molecule has 4 rings (SSSR count). The molecule has 0 radical (unpaired) electrons. The number of aromatic nitrogens is 4. The molecule has 0 unspecified atom stereocenters. The number of hydrogen-bond donors (Lipinski definition) is 4. The third-order valence-electron chi connectivity index (χ3n) is 4.05. The molecule has 2 aromatic heterocycles. The number of hydrogen-bond acceptors (Lipinski definition) is 8. The first kappa shape index (κ1) is 14.0. The lowest BCUT2D eigenvalue weighted by atomic mass is 10.2. The molecule has 5 N–H and O–H groups in total. The summed E-state index contributed by atoms with van der Waals surface area (Å²) in [7, 11) is 0. The fraction of sp³-hybridized carbons (Fsp3) is 0.615. The fourth-order valence-electron chi connectivity index (χ4n) is 2.72. The maximum absolute atomic E-state index is 9.98. The minimum atomic E-state index is -0.527. The molecule has 2 fully saturated rings. The molecule has 1 aliphatic carbocycles. The summed E-state index contributed by atoms with van der Waals surface area (Å²) in [5.74, 6) is 0.880. The van der Waals surface area contributed by atoms with E-state index in [9.17, 15) is 10.2 Å². The summed E-state index contributed by atoms with van der Waals surface area (Å²) >= 11 is 1.53. The van der Waals surface area contributed by atoms with Gasteiger partial charge in [0.25, 0.3) is 0 Å². The average molecular weight is 322 g/mol. The van der Waals surface area contributed by atoms with Crippen LogP contribution in [-0.2, 0) is 0 Å². The molecule has 0 amide bonds. The minimum absolute atomic E-state index is 0.0137. The van der Waals surface area contributed by atoms with Crippen molar-refractivity contribution < 1.29 is 10.2 Å². The smallest absolute Gasteiger partial charge is 0.224 e. The van der Waals surface area contributed by atoms with Crippen molar-refractivity contribution in [2.45, 2.75) is 42.0 Å². The Hall–Kier alpha value is -1.58. The zero-order chi connectivity index (χ0) is 15.3. The predicted octanol–water partition coefficient (Wildman–Crippen LogP) is 0.340. The van der Waals surface area contributed by atoms with Gasteiger partial charge in [-0.15, -0.1) is 11.8 Å². The summed E-state index contributed by atoms with van der Waals surface area (Å²) in [6, 6.07) is 0.448. The van der Waals surface area contributed by atoms with Crippen molar-refractivity contribution >= 4 is 34.7 Å². The highest BCUT2D eigenvalue weighted by molar-refractivity contribution is 8.00. The standard InChI is InChI=1S/C13H18N6O2S/c14-13-17-11(16-6-1-2-6)10-12(18-13)19(5-15-10)9-3-7(21)8(4-20)22-9/h5-9,20-21H,1-4H2,(H3,14,16,17,18)/t7-,8+,9+/m0/s1. The Balaban J connectivity index is 1.71. The Morgan fingerprint density at radius 2 is 2.23 bits per heavy atom. The number of nitrogens with two attached hydrogens (primary N) is 1. The van der Waals surface area contributed by atoms with Gasteiger partial charge in [-0.25, -0.2) is 4.98 Å². The molecule has 1 saturated heterocycles. The second-order valence-corrected chi connectivity index (χ2v) is 7.21. The SMILES string of the molecule is Nc1nc(NC2CC2)c2ncn([C@H]3C[C@H](O)[C@@H](CO)S3)c2n1. The van der Waals surface area contributed by atoms with Crippen molar-refractivity contribution in [3.05, 3.63) is 6.33 Å². The van der Waals surface area contributed by atoms with E-state index in [1.165, 1.54) is 11.8 Å². The number of aliphatic hydroxyl groups excluding tert-OH is 2. The van der Waals surface area contributed by atoms with E-state index >= 15 is 0 Å². The lowest BCUT2D eigenvalue weighted by Gasteiger charge is -2.12. The first-order valence-electron chi connectivity index (χ1n) is 7.36. The molecule has 1 saturated carbocycles. The molecule has 118 valence electrons. The normalized spacial score (nSPS) is 28.4. The number of rotatable bonds is 4. The summed E-state index contributed by atoms with van der Waals surface area (Å²) in [4.78, 5) is 13.0. The molecule has 2 aliphatic rings. The van der Waals surface area contributed by atoms with E-state index in [4.69, 9.17) is 5.73 Å². The topological polar surface area (TPSA) is 122 Å². The highest BCUT2D eigenvalue weighted by Gasteiger charge is 2.35. The average Bonchev–Trinajstić information content (AvgIpc) is 3.07.